The highest BCUT2D eigenvalue weighted by molar-refractivity contribution is 6.05. The summed E-state index contributed by atoms with van der Waals surface area (Å²) < 4.78 is 52.7. The average molecular weight is 472 g/mol. The molecule has 0 unspecified atom stereocenters. The lowest BCUT2D eigenvalue weighted by Crippen LogP contribution is -2.31. The minimum atomic E-state index is -4.62. The number of amides is 1. The van der Waals surface area contributed by atoms with Gasteiger partial charge in [-0.2, -0.15) is 13.2 Å². The molecule has 1 fully saturated rings. The van der Waals surface area contributed by atoms with Crippen LogP contribution >= 0.6 is 0 Å². The minimum absolute atomic E-state index is 0.249. The summed E-state index contributed by atoms with van der Waals surface area (Å²) in [5.74, 6) is -0.355. The van der Waals surface area contributed by atoms with Crippen LogP contribution < -0.4 is 10.2 Å². The van der Waals surface area contributed by atoms with Gasteiger partial charge in [0.15, 0.2) is 0 Å². The van der Waals surface area contributed by atoms with Crippen LogP contribution in [0.5, 0.6) is 0 Å². The van der Waals surface area contributed by atoms with Crippen molar-refractivity contribution < 1.29 is 22.4 Å². The fourth-order valence-electron chi connectivity index (χ4n) is 3.98. The van der Waals surface area contributed by atoms with E-state index in [9.17, 15) is 22.4 Å². The van der Waals surface area contributed by atoms with E-state index in [1.54, 1.807) is 24.3 Å². The summed E-state index contributed by atoms with van der Waals surface area (Å²) in [7, 11) is 0. The van der Waals surface area contributed by atoms with E-state index in [1.165, 1.54) is 30.5 Å². The van der Waals surface area contributed by atoms with E-state index in [1.807, 2.05) is 0 Å². The van der Waals surface area contributed by atoms with E-state index in [4.69, 9.17) is 0 Å². The van der Waals surface area contributed by atoms with Gasteiger partial charge in [0, 0.05) is 32.7 Å². The van der Waals surface area contributed by atoms with Gasteiger partial charge in [0.25, 0.3) is 5.91 Å². The third-order valence-electron chi connectivity index (χ3n) is 5.71. The van der Waals surface area contributed by atoms with Gasteiger partial charge >= 0.3 is 6.18 Å². The highest BCUT2D eigenvalue weighted by Gasteiger charge is 2.34. The summed E-state index contributed by atoms with van der Waals surface area (Å²) >= 11 is 0. The second-order valence-corrected chi connectivity index (χ2v) is 8.15. The topological polar surface area (TPSA) is 48.5 Å². The Morgan fingerprint density at radius 1 is 0.941 bits per heavy atom. The third kappa shape index (κ3) is 5.91. The first-order valence-electron chi connectivity index (χ1n) is 10.9. The van der Waals surface area contributed by atoms with Gasteiger partial charge in [0.05, 0.1) is 23.0 Å². The number of carbonyl (C=O) groups is 1. The number of carbonyl (C=O) groups excluding carboxylic acids is 1. The second kappa shape index (κ2) is 10.2. The molecule has 1 aromatic heterocycles. The van der Waals surface area contributed by atoms with Gasteiger partial charge < -0.3 is 10.2 Å². The minimum Gasteiger partial charge on any atom is -0.355 e. The number of aromatic nitrogens is 1. The summed E-state index contributed by atoms with van der Waals surface area (Å²) in [4.78, 5) is 21.3. The SMILES string of the molecule is O=C(Nc1ccc(N2CCCN(Cc3ccc(F)cc3)CC2)nc1)c1ccccc1C(F)(F)F. The normalized spacial score (nSPS) is 15.1. The van der Waals surface area contributed by atoms with Gasteiger partial charge in [-0.15, -0.1) is 0 Å². The number of hydrogen-bond donors (Lipinski definition) is 1. The molecular weight excluding hydrogens is 448 g/mol. The summed E-state index contributed by atoms with van der Waals surface area (Å²) in [5.41, 5.74) is -0.0432. The Bertz CT molecular complexity index is 1120. The number of nitrogens with zero attached hydrogens (tertiary/aromatic N) is 3. The third-order valence-corrected chi connectivity index (χ3v) is 5.71. The number of anilines is 2. The van der Waals surface area contributed by atoms with Gasteiger partial charge in [0.2, 0.25) is 0 Å². The van der Waals surface area contributed by atoms with Crippen LogP contribution in [0.3, 0.4) is 0 Å². The van der Waals surface area contributed by atoms with E-state index >= 15 is 0 Å². The molecule has 3 aromatic rings. The van der Waals surface area contributed by atoms with E-state index in [0.717, 1.165) is 62.7 Å². The summed E-state index contributed by atoms with van der Waals surface area (Å²) in [5, 5.41) is 2.50. The molecule has 1 aliphatic heterocycles. The van der Waals surface area contributed by atoms with Crippen LogP contribution in [0.2, 0.25) is 0 Å². The van der Waals surface area contributed by atoms with Crippen molar-refractivity contribution in [3.8, 4) is 0 Å². The van der Waals surface area contributed by atoms with Crippen LogP contribution in [0.1, 0.15) is 27.9 Å². The molecule has 34 heavy (non-hydrogen) atoms. The summed E-state index contributed by atoms with van der Waals surface area (Å²) in [6, 6.07) is 14.6. The molecule has 1 N–H and O–H groups in total. The highest BCUT2D eigenvalue weighted by Crippen LogP contribution is 2.32. The first kappa shape index (κ1) is 23.7. The molecule has 2 aromatic carbocycles. The Kier molecular flexibility index (Phi) is 7.12. The first-order valence-corrected chi connectivity index (χ1v) is 10.9. The molecule has 4 rings (SSSR count). The van der Waals surface area contributed by atoms with E-state index in [-0.39, 0.29) is 5.82 Å². The van der Waals surface area contributed by atoms with Crippen molar-refractivity contribution in [3.63, 3.8) is 0 Å². The van der Waals surface area contributed by atoms with Crippen molar-refractivity contribution >= 4 is 17.4 Å². The lowest BCUT2D eigenvalue weighted by Gasteiger charge is -2.23. The zero-order chi connectivity index (χ0) is 24.1. The zero-order valence-corrected chi connectivity index (χ0v) is 18.4. The van der Waals surface area contributed by atoms with Crippen molar-refractivity contribution in [1.29, 1.82) is 0 Å². The van der Waals surface area contributed by atoms with Crippen LogP contribution in [-0.4, -0.2) is 42.0 Å². The van der Waals surface area contributed by atoms with E-state index in [0.29, 0.717) is 5.69 Å². The number of rotatable bonds is 5. The largest absolute Gasteiger partial charge is 0.417 e. The lowest BCUT2D eigenvalue weighted by molar-refractivity contribution is -0.137. The van der Waals surface area contributed by atoms with Gasteiger partial charge in [-0.1, -0.05) is 24.3 Å². The molecule has 2 heterocycles. The molecule has 0 radical (unpaired) electrons. The molecular formula is C25H24F4N4O. The van der Waals surface area contributed by atoms with E-state index < -0.39 is 23.2 Å². The van der Waals surface area contributed by atoms with Crippen LogP contribution in [0.4, 0.5) is 29.1 Å². The van der Waals surface area contributed by atoms with E-state index in [2.05, 4.69) is 20.1 Å². The van der Waals surface area contributed by atoms with Crippen LogP contribution in [0.15, 0.2) is 66.9 Å². The van der Waals surface area contributed by atoms with Crippen LogP contribution in [0, 0.1) is 5.82 Å². The number of pyridine rings is 1. The van der Waals surface area contributed by atoms with Crippen LogP contribution in [0.25, 0.3) is 0 Å². The first-order chi connectivity index (χ1) is 16.3. The van der Waals surface area contributed by atoms with Gasteiger partial charge in [-0.25, -0.2) is 9.37 Å². The van der Waals surface area contributed by atoms with Crippen molar-refractivity contribution in [2.24, 2.45) is 0 Å². The van der Waals surface area contributed by atoms with Crippen molar-refractivity contribution in [2.75, 3.05) is 36.4 Å². The fraction of sp³-hybridized carbons (Fsp3) is 0.280. The Morgan fingerprint density at radius 3 is 2.41 bits per heavy atom. The number of halogens is 4. The Morgan fingerprint density at radius 2 is 1.71 bits per heavy atom. The smallest absolute Gasteiger partial charge is 0.355 e. The lowest BCUT2D eigenvalue weighted by atomic mass is 10.1. The Hall–Kier alpha value is -3.46. The molecule has 1 amide bonds. The maximum atomic E-state index is 13.2. The number of nitrogens with one attached hydrogen (secondary N) is 1. The molecule has 5 nitrogen and oxygen atoms in total. The van der Waals surface area contributed by atoms with Crippen molar-refractivity contribution in [1.82, 2.24) is 9.88 Å². The van der Waals surface area contributed by atoms with Crippen molar-refractivity contribution in [2.45, 2.75) is 19.1 Å². The summed E-state index contributed by atoms with van der Waals surface area (Å²) in [6.45, 7) is 4.01. The second-order valence-electron chi connectivity index (χ2n) is 8.15. The Labute approximate surface area is 195 Å². The molecule has 1 saturated heterocycles. The predicted molar refractivity (Wildman–Crippen MR) is 122 cm³/mol. The molecule has 0 atom stereocenters. The molecule has 0 aliphatic carbocycles. The molecule has 1 aliphatic rings. The number of hydrogen-bond acceptors (Lipinski definition) is 4. The van der Waals surface area contributed by atoms with Crippen LogP contribution in [-0.2, 0) is 12.7 Å². The van der Waals surface area contributed by atoms with Crippen molar-refractivity contribution in [3.05, 3.63) is 89.4 Å². The highest BCUT2D eigenvalue weighted by atomic mass is 19.4. The quantitative estimate of drug-likeness (QED) is 0.519. The summed E-state index contributed by atoms with van der Waals surface area (Å²) in [6.07, 6.45) is -2.24. The maximum absolute atomic E-state index is 13.2. The molecule has 0 saturated carbocycles. The average Bonchev–Trinajstić information content (AvgIpc) is 3.06. The standard InChI is InChI=1S/C25H24F4N4O/c26-19-8-6-18(7-9-19)17-32-12-3-13-33(15-14-32)23-11-10-20(16-30-23)31-24(34)21-4-1-2-5-22(21)25(27,28)29/h1-2,4-11,16H,3,12-15,17H2,(H,31,34). The number of benzene rings is 2. The fourth-order valence-corrected chi connectivity index (χ4v) is 3.98. The Balaban J connectivity index is 1.36. The molecule has 0 bridgehead atoms. The maximum Gasteiger partial charge on any atom is 0.417 e. The predicted octanol–water partition coefficient (Wildman–Crippen LogP) is 5.20. The molecule has 9 heteroatoms. The van der Waals surface area contributed by atoms with Gasteiger partial charge in [0.1, 0.15) is 11.6 Å². The monoisotopic (exact) mass is 472 g/mol. The molecule has 178 valence electrons. The zero-order valence-electron chi connectivity index (χ0n) is 18.4. The number of alkyl halides is 3. The van der Waals surface area contributed by atoms with Gasteiger partial charge in [-0.05, 0) is 48.4 Å². The molecule has 0 spiro atoms. The van der Waals surface area contributed by atoms with Gasteiger partial charge in [-0.3, -0.25) is 9.69 Å².